The molecule has 1 atom stereocenters. The first-order valence-corrected chi connectivity index (χ1v) is 9.72. The minimum atomic E-state index is -0.0203. The lowest BCUT2D eigenvalue weighted by atomic mass is 10.1. The van der Waals surface area contributed by atoms with Crippen molar-refractivity contribution in [1.29, 1.82) is 0 Å². The molecule has 30 heavy (non-hydrogen) atoms. The topological polar surface area (TPSA) is 79.3 Å². The molecule has 0 bridgehead atoms. The number of fused-ring (bicyclic) bond motifs is 5. The third-order valence-corrected chi connectivity index (χ3v) is 5.54. The average Bonchev–Trinajstić information content (AvgIpc) is 3.53. The van der Waals surface area contributed by atoms with Gasteiger partial charge in [0.05, 0.1) is 36.1 Å². The summed E-state index contributed by atoms with van der Waals surface area (Å²) in [6.45, 7) is 0.513. The molecule has 0 saturated heterocycles. The van der Waals surface area contributed by atoms with E-state index in [1.54, 1.807) is 13.3 Å². The van der Waals surface area contributed by atoms with E-state index in [1.165, 1.54) is 0 Å². The predicted molar refractivity (Wildman–Crippen MR) is 110 cm³/mol. The van der Waals surface area contributed by atoms with Crippen molar-refractivity contribution in [3.8, 4) is 17.1 Å². The first-order chi connectivity index (χ1) is 14.8. The number of imidazole rings is 1. The molecule has 0 spiro atoms. The van der Waals surface area contributed by atoms with Gasteiger partial charge >= 0.3 is 0 Å². The van der Waals surface area contributed by atoms with Gasteiger partial charge in [-0.15, -0.1) is 5.10 Å². The van der Waals surface area contributed by atoms with Crippen LogP contribution in [0.1, 0.15) is 28.7 Å². The maximum atomic E-state index is 5.98. The van der Waals surface area contributed by atoms with Crippen LogP contribution >= 0.6 is 0 Å². The lowest BCUT2D eigenvalue weighted by Crippen LogP contribution is -2.08. The smallest absolute Gasteiger partial charge is 0.238 e. The molecule has 0 unspecified atom stereocenters. The highest BCUT2D eigenvalue weighted by Crippen LogP contribution is 2.33. The summed E-state index contributed by atoms with van der Waals surface area (Å²) in [5.74, 6) is 1.33. The van der Waals surface area contributed by atoms with E-state index in [0.29, 0.717) is 18.9 Å². The van der Waals surface area contributed by atoms with Crippen molar-refractivity contribution in [2.24, 2.45) is 4.99 Å². The van der Waals surface area contributed by atoms with E-state index in [0.717, 1.165) is 39.8 Å². The molecular weight excluding hydrogens is 380 g/mol. The number of hydrogen-bond acceptors (Lipinski definition) is 6. The highest BCUT2D eigenvalue weighted by atomic mass is 16.5. The standard InChI is InChI=1S/C22H18N6O2/c1-29-16-7-8-18-19(10-16)28-15(11-24-26-28)9-20-21(23-13-27(18)20)22-25-17(12-30-22)14-5-3-2-4-6-14/h2-8,10-11,13,17H,9,12H2,1H3/t17-/m1/s1. The maximum Gasteiger partial charge on any atom is 0.238 e. The number of nitrogens with zero attached hydrogens (tertiary/aromatic N) is 6. The van der Waals surface area contributed by atoms with Crippen LogP contribution in [0.25, 0.3) is 11.4 Å². The minimum absolute atomic E-state index is 0.0203. The van der Waals surface area contributed by atoms with Crippen LogP contribution in [0.3, 0.4) is 0 Å². The van der Waals surface area contributed by atoms with Crippen LogP contribution in [-0.2, 0) is 11.2 Å². The molecule has 8 nitrogen and oxygen atoms in total. The Kier molecular flexibility index (Phi) is 3.70. The van der Waals surface area contributed by atoms with Crippen LogP contribution in [0.2, 0.25) is 0 Å². The SMILES string of the molecule is COc1ccc2c(c1)-n1nncc1Cc1c(C3=N[C@@H](c4ccccc4)CO3)ncn1-2. The number of rotatable bonds is 3. The molecule has 0 aliphatic carbocycles. The summed E-state index contributed by atoms with van der Waals surface area (Å²) >= 11 is 0. The average molecular weight is 398 g/mol. The number of aromatic nitrogens is 5. The molecule has 0 N–H and O–H groups in total. The number of benzene rings is 2. The normalized spacial score (nSPS) is 16.7. The van der Waals surface area contributed by atoms with Gasteiger partial charge in [0.25, 0.3) is 0 Å². The second-order valence-corrected chi connectivity index (χ2v) is 7.25. The molecule has 148 valence electrons. The zero-order valence-corrected chi connectivity index (χ0v) is 16.3. The Balaban J connectivity index is 1.48. The van der Waals surface area contributed by atoms with Crippen LogP contribution in [0.4, 0.5) is 0 Å². The molecule has 0 amide bonds. The fraction of sp³-hybridized carbons (Fsp3) is 0.182. The number of aliphatic imine (C=N–C) groups is 1. The van der Waals surface area contributed by atoms with E-state index in [2.05, 4.69) is 32.0 Å². The lowest BCUT2D eigenvalue weighted by Gasteiger charge is -2.11. The third kappa shape index (κ3) is 2.53. The molecule has 8 heteroatoms. The van der Waals surface area contributed by atoms with Crippen molar-refractivity contribution < 1.29 is 9.47 Å². The van der Waals surface area contributed by atoms with Crippen molar-refractivity contribution in [2.75, 3.05) is 13.7 Å². The van der Waals surface area contributed by atoms with E-state index in [4.69, 9.17) is 14.5 Å². The molecule has 4 aromatic rings. The van der Waals surface area contributed by atoms with Gasteiger partial charge in [-0.25, -0.2) is 14.7 Å². The van der Waals surface area contributed by atoms with Gasteiger partial charge in [-0.3, -0.25) is 4.57 Å². The van der Waals surface area contributed by atoms with Crippen LogP contribution in [0.15, 0.2) is 66.0 Å². The third-order valence-electron chi connectivity index (χ3n) is 5.54. The predicted octanol–water partition coefficient (Wildman–Crippen LogP) is 2.88. The van der Waals surface area contributed by atoms with E-state index in [-0.39, 0.29) is 6.04 Å². The van der Waals surface area contributed by atoms with Gasteiger partial charge in [0, 0.05) is 12.5 Å². The fourth-order valence-electron chi connectivity index (χ4n) is 4.03. The Morgan fingerprint density at radius 3 is 2.87 bits per heavy atom. The van der Waals surface area contributed by atoms with Gasteiger partial charge in [0.1, 0.15) is 30.4 Å². The number of ether oxygens (including phenoxy) is 2. The summed E-state index contributed by atoms with van der Waals surface area (Å²) in [4.78, 5) is 9.50. The number of hydrogen-bond donors (Lipinski definition) is 0. The van der Waals surface area contributed by atoms with Crippen molar-refractivity contribution in [2.45, 2.75) is 12.5 Å². The first kappa shape index (κ1) is 17.0. The molecule has 0 saturated carbocycles. The molecule has 6 rings (SSSR count). The number of methoxy groups -OCH3 is 1. The summed E-state index contributed by atoms with van der Waals surface area (Å²) in [7, 11) is 1.65. The second-order valence-electron chi connectivity index (χ2n) is 7.25. The molecule has 0 fully saturated rings. The van der Waals surface area contributed by atoms with Gasteiger partial charge in [-0.05, 0) is 17.7 Å². The van der Waals surface area contributed by atoms with E-state index in [9.17, 15) is 0 Å². The van der Waals surface area contributed by atoms with Gasteiger partial charge in [-0.1, -0.05) is 35.5 Å². The summed E-state index contributed by atoms with van der Waals surface area (Å²) in [5, 5.41) is 8.41. The summed E-state index contributed by atoms with van der Waals surface area (Å²) in [6, 6.07) is 16.1. The van der Waals surface area contributed by atoms with Crippen LogP contribution in [0.5, 0.6) is 5.75 Å². The zero-order chi connectivity index (χ0) is 20.1. The fourth-order valence-corrected chi connectivity index (χ4v) is 4.03. The van der Waals surface area contributed by atoms with Gasteiger partial charge in [0.2, 0.25) is 5.90 Å². The van der Waals surface area contributed by atoms with Crippen LogP contribution < -0.4 is 4.74 Å². The lowest BCUT2D eigenvalue weighted by molar-refractivity contribution is 0.319. The van der Waals surface area contributed by atoms with Gasteiger partial charge in [-0.2, -0.15) is 0 Å². The molecule has 2 aromatic heterocycles. The molecule has 2 aromatic carbocycles. The minimum Gasteiger partial charge on any atom is -0.497 e. The Morgan fingerprint density at radius 1 is 1.10 bits per heavy atom. The van der Waals surface area contributed by atoms with Crippen molar-refractivity contribution >= 4 is 5.90 Å². The molecule has 0 radical (unpaired) electrons. The summed E-state index contributed by atoms with van der Waals surface area (Å²) in [6.07, 6.45) is 4.20. The quantitative estimate of drug-likeness (QED) is 0.467. The second kappa shape index (κ2) is 6.55. The maximum absolute atomic E-state index is 5.98. The monoisotopic (exact) mass is 398 g/mol. The molecular formula is C22H18N6O2. The Morgan fingerprint density at radius 2 is 2.00 bits per heavy atom. The van der Waals surface area contributed by atoms with Gasteiger partial charge < -0.3 is 9.47 Å². The van der Waals surface area contributed by atoms with Crippen LogP contribution in [-0.4, -0.2) is 44.2 Å². The Bertz CT molecular complexity index is 1270. The molecule has 2 aliphatic heterocycles. The highest BCUT2D eigenvalue weighted by Gasteiger charge is 2.29. The van der Waals surface area contributed by atoms with Crippen molar-refractivity contribution in [3.63, 3.8) is 0 Å². The largest absolute Gasteiger partial charge is 0.497 e. The Hall–Kier alpha value is -3.94. The van der Waals surface area contributed by atoms with Crippen molar-refractivity contribution in [3.05, 3.63) is 83.7 Å². The zero-order valence-electron chi connectivity index (χ0n) is 16.3. The van der Waals surface area contributed by atoms with E-state index >= 15 is 0 Å². The van der Waals surface area contributed by atoms with Gasteiger partial charge in [0.15, 0.2) is 0 Å². The van der Waals surface area contributed by atoms with Crippen LogP contribution in [0, 0.1) is 0 Å². The Labute approximate surface area is 172 Å². The van der Waals surface area contributed by atoms with E-state index in [1.807, 2.05) is 47.4 Å². The first-order valence-electron chi connectivity index (χ1n) is 9.72. The molecule has 4 heterocycles. The summed E-state index contributed by atoms with van der Waals surface area (Å²) < 4.78 is 15.3. The van der Waals surface area contributed by atoms with Crippen molar-refractivity contribution in [1.82, 2.24) is 24.5 Å². The highest BCUT2D eigenvalue weighted by molar-refractivity contribution is 5.95. The summed E-state index contributed by atoms with van der Waals surface area (Å²) in [5.41, 5.74) is 5.69. The molecule has 2 aliphatic rings. The van der Waals surface area contributed by atoms with E-state index < -0.39 is 0 Å².